The van der Waals surface area contributed by atoms with Crippen molar-refractivity contribution in [3.05, 3.63) is 29.5 Å². The molecule has 3 N–H and O–H groups in total. The molecule has 3 heterocycles. The van der Waals surface area contributed by atoms with Crippen LogP contribution in [0.5, 0.6) is 0 Å². The van der Waals surface area contributed by atoms with Gasteiger partial charge < -0.3 is 25.3 Å². The minimum absolute atomic E-state index is 0.542. The van der Waals surface area contributed by atoms with E-state index in [0.29, 0.717) is 19.2 Å². The average Bonchev–Trinajstić information content (AvgIpc) is 3.39. The standard InChI is InChI=1S/C18H27N7O/c1-26-9-8-25-12-20-10-14(25)11-21-17-15-4-6-19-7-5-16(15)23-18(24-17)22-13-2-3-13/h10,12-13,19H,2-9,11H2,1H3,(H2,21,22,23,24). The highest BCUT2D eigenvalue weighted by Gasteiger charge is 2.24. The second kappa shape index (κ2) is 8.01. The second-order valence-electron chi connectivity index (χ2n) is 6.91. The quantitative estimate of drug-likeness (QED) is 0.654. The smallest absolute Gasteiger partial charge is 0.225 e. The Balaban J connectivity index is 1.53. The summed E-state index contributed by atoms with van der Waals surface area (Å²) in [5.41, 5.74) is 3.51. The van der Waals surface area contributed by atoms with Crippen LogP contribution in [0.25, 0.3) is 0 Å². The first-order valence-corrected chi connectivity index (χ1v) is 9.42. The average molecular weight is 357 g/mol. The molecule has 2 aromatic heterocycles. The Labute approximate surface area is 153 Å². The van der Waals surface area contributed by atoms with Gasteiger partial charge in [-0.1, -0.05) is 0 Å². The number of fused-ring (bicyclic) bond motifs is 1. The highest BCUT2D eigenvalue weighted by Crippen LogP contribution is 2.26. The van der Waals surface area contributed by atoms with Gasteiger partial charge in [0.1, 0.15) is 5.82 Å². The van der Waals surface area contributed by atoms with Crippen LogP contribution in [0, 0.1) is 0 Å². The van der Waals surface area contributed by atoms with E-state index in [0.717, 1.165) is 55.6 Å². The van der Waals surface area contributed by atoms with E-state index < -0.39 is 0 Å². The Morgan fingerprint density at radius 1 is 1.27 bits per heavy atom. The van der Waals surface area contributed by atoms with Gasteiger partial charge in [0.05, 0.1) is 30.9 Å². The van der Waals surface area contributed by atoms with Gasteiger partial charge in [0.25, 0.3) is 0 Å². The minimum atomic E-state index is 0.542. The Bertz CT molecular complexity index is 741. The summed E-state index contributed by atoms with van der Waals surface area (Å²) in [5.74, 6) is 1.70. The monoisotopic (exact) mass is 357 g/mol. The Kier molecular flexibility index (Phi) is 5.31. The predicted octanol–water partition coefficient (Wildman–Crippen LogP) is 1.19. The van der Waals surface area contributed by atoms with Crippen LogP contribution in [0.3, 0.4) is 0 Å². The van der Waals surface area contributed by atoms with Crippen LogP contribution in [0.1, 0.15) is 29.8 Å². The highest BCUT2D eigenvalue weighted by molar-refractivity contribution is 5.52. The van der Waals surface area contributed by atoms with Crippen LogP contribution in [-0.4, -0.2) is 52.4 Å². The number of nitrogens with zero attached hydrogens (tertiary/aromatic N) is 4. The maximum atomic E-state index is 5.17. The number of methoxy groups -OCH3 is 1. The van der Waals surface area contributed by atoms with Gasteiger partial charge in [-0.05, 0) is 25.8 Å². The molecule has 140 valence electrons. The number of anilines is 2. The van der Waals surface area contributed by atoms with Gasteiger partial charge in [-0.15, -0.1) is 0 Å². The largest absolute Gasteiger partial charge is 0.383 e. The first-order valence-electron chi connectivity index (χ1n) is 9.42. The van der Waals surface area contributed by atoms with E-state index >= 15 is 0 Å². The van der Waals surface area contributed by atoms with Gasteiger partial charge in [-0.25, -0.2) is 9.97 Å². The van der Waals surface area contributed by atoms with Crippen LogP contribution < -0.4 is 16.0 Å². The fourth-order valence-corrected chi connectivity index (χ4v) is 3.23. The Hall–Kier alpha value is -2.19. The zero-order valence-electron chi connectivity index (χ0n) is 15.3. The lowest BCUT2D eigenvalue weighted by molar-refractivity contribution is 0.186. The van der Waals surface area contributed by atoms with Crippen LogP contribution in [0.15, 0.2) is 12.5 Å². The lowest BCUT2D eigenvalue weighted by atomic mass is 10.1. The summed E-state index contributed by atoms with van der Waals surface area (Å²) < 4.78 is 7.29. The normalized spacial score (nSPS) is 16.8. The highest BCUT2D eigenvalue weighted by atomic mass is 16.5. The Morgan fingerprint density at radius 3 is 3.00 bits per heavy atom. The van der Waals surface area contributed by atoms with Gasteiger partial charge in [0.2, 0.25) is 5.95 Å². The predicted molar refractivity (Wildman–Crippen MR) is 100 cm³/mol. The molecule has 0 radical (unpaired) electrons. The van der Waals surface area contributed by atoms with Crippen LogP contribution in [-0.2, 0) is 30.7 Å². The van der Waals surface area contributed by atoms with Gasteiger partial charge in [0, 0.05) is 44.4 Å². The van der Waals surface area contributed by atoms with Crippen LogP contribution in [0.4, 0.5) is 11.8 Å². The number of imidazole rings is 1. The van der Waals surface area contributed by atoms with Crippen molar-refractivity contribution in [2.75, 3.05) is 37.4 Å². The Morgan fingerprint density at radius 2 is 2.15 bits per heavy atom. The minimum Gasteiger partial charge on any atom is -0.383 e. The van der Waals surface area contributed by atoms with Gasteiger partial charge >= 0.3 is 0 Å². The third-order valence-electron chi connectivity index (χ3n) is 4.87. The molecule has 1 fully saturated rings. The fourth-order valence-electron chi connectivity index (χ4n) is 3.23. The zero-order valence-corrected chi connectivity index (χ0v) is 15.3. The molecular formula is C18H27N7O. The third-order valence-corrected chi connectivity index (χ3v) is 4.87. The molecule has 1 saturated carbocycles. The lowest BCUT2D eigenvalue weighted by Crippen LogP contribution is -2.16. The molecule has 8 heteroatoms. The number of ether oxygens (including phenoxy) is 1. The van der Waals surface area contributed by atoms with E-state index in [9.17, 15) is 0 Å². The number of nitrogens with one attached hydrogen (secondary N) is 3. The van der Waals surface area contributed by atoms with Gasteiger partial charge in [-0.3, -0.25) is 0 Å². The number of hydrogen-bond acceptors (Lipinski definition) is 7. The summed E-state index contributed by atoms with van der Waals surface area (Å²) in [6.07, 6.45) is 8.06. The molecule has 0 unspecified atom stereocenters. The van der Waals surface area contributed by atoms with E-state index in [1.54, 1.807) is 7.11 Å². The van der Waals surface area contributed by atoms with Crippen molar-refractivity contribution in [1.29, 1.82) is 0 Å². The molecule has 1 aliphatic heterocycles. The molecule has 0 atom stereocenters. The van der Waals surface area contributed by atoms with E-state index in [2.05, 4.69) is 25.5 Å². The summed E-state index contributed by atoms with van der Waals surface area (Å²) in [7, 11) is 1.72. The van der Waals surface area contributed by atoms with Crippen molar-refractivity contribution in [2.24, 2.45) is 0 Å². The first-order chi connectivity index (χ1) is 12.8. The van der Waals surface area contributed by atoms with E-state index in [1.807, 2.05) is 12.5 Å². The van der Waals surface area contributed by atoms with Crippen molar-refractivity contribution < 1.29 is 4.74 Å². The van der Waals surface area contributed by atoms with Gasteiger partial charge in [-0.2, -0.15) is 4.98 Å². The molecule has 26 heavy (non-hydrogen) atoms. The molecular weight excluding hydrogens is 330 g/mol. The fraction of sp³-hybridized carbons (Fsp3) is 0.611. The van der Waals surface area contributed by atoms with Crippen molar-refractivity contribution in [3.63, 3.8) is 0 Å². The van der Waals surface area contributed by atoms with E-state index in [1.165, 1.54) is 18.4 Å². The zero-order chi connectivity index (χ0) is 17.8. The van der Waals surface area contributed by atoms with Crippen LogP contribution in [0.2, 0.25) is 0 Å². The molecule has 8 nitrogen and oxygen atoms in total. The van der Waals surface area contributed by atoms with Crippen LogP contribution >= 0.6 is 0 Å². The maximum Gasteiger partial charge on any atom is 0.225 e. The molecule has 1 aliphatic carbocycles. The van der Waals surface area contributed by atoms with Crippen molar-refractivity contribution in [2.45, 2.75) is 44.8 Å². The van der Waals surface area contributed by atoms with Crippen molar-refractivity contribution in [1.82, 2.24) is 24.8 Å². The topological polar surface area (TPSA) is 88.9 Å². The summed E-state index contributed by atoms with van der Waals surface area (Å²) in [6, 6.07) is 0.542. The maximum absolute atomic E-state index is 5.17. The molecule has 0 bridgehead atoms. The molecule has 0 amide bonds. The molecule has 2 aromatic rings. The van der Waals surface area contributed by atoms with Crippen molar-refractivity contribution in [3.8, 4) is 0 Å². The molecule has 0 aromatic carbocycles. The SMILES string of the molecule is COCCn1cncc1CNc1nc(NC2CC2)nc2c1CCNCC2. The van der Waals surface area contributed by atoms with Gasteiger partial charge in [0.15, 0.2) is 0 Å². The third kappa shape index (κ3) is 4.13. The van der Waals surface area contributed by atoms with E-state index in [4.69, 9.17) is 14.7 Å². The summed E-state index contributed by atoms with van der Waals surface area (Å²) in [5, 5.41) is 10.4. The number of hydrogen-bond donors (Lipinski definition) is 3. The van der Waals surface area contributed by atoms with Crippen molar-refractivity contribution >= 4 is 11.8 Å². The molecule has 2 aliphatic rings. The number of rotatable bonds is 8. The number of aromatic nitrogens is 4. The molecule has 0 spiro atoms. The summed E-state index contributed by atoms with van der Waals surface area (Å²) in [4.78, 5) is 13.8. The molecule has 0 saturated heterocycles. The molecule has 4 rings (SSSR count). The second-order valence-corrected chi connectivity index (χ2v) is 6.91. The summed E-state index contributed by atoms with van der Waals surface area (Å²) in [6.45, 7) is 4.09. The summed E-state index contributed by atoms with van der Waals surface area (Å²) >= 11 is 0. The van der Waals surface area contributed by atoms with E-state index in [-0.39, 0.29) is 0 Å². The lowest BCUT2D eigenvalue weighted by Gasteiger charge is -2.16. The first kappa shape index (κ1) is 17.2.